The zero-order valence-electron chi connectivity index (χ0n) is 9.80. The Morgan fingerprint density at radius 3 is 2.47 bits per heavy atom. The van der Waals surface area contributed by atoms with Crippen molar-refractivity contribution in [3.05, 3.63) is 0 Å². The van der Waals surface area contributed by atoms with Gasteiger partial charge in [0.1, 0.15) is 0 Å². The first-order valence-electron chi connectivity index (χ1n) is 5.91. The number of hydrogen-bond acceptors (Lipinski definition) is 3. The summed E-state index contributed by atoms with van der Waals surface area (Å²) >= 11 is 0. The maximum absolute atomic E-state index is 11.3. The van der Waals surface area contributed by atoms with E-state index in [1.807, 2.05) is 0 Å². The fourth-order valence-corrected chi connectivity index (χ4v) is 1.71. The minimum Gasteiger partial charge on any atom is -0.355 e. The van der Waals surface area contributed by atoms with Gasteiger partial charge in [0, 0.05) is 19.5 Å². The Labute approximate surface area is 92.8 Å². The van der Waals surface area contributed by atoms with Crippen molar-refractivity contribution >= 4 is 5.91 Å². The van der Waals surface area contributed by atoms with Crippen LogP contribution in [0.4, 0.5) is 0 Å². The summed E-state index contributed by atoms with van der Waals surface area (Å²) in [5.41, 5.74) is 10.8. The van der Waals surface area contributed by atoms with E-state index >= 15 is 0 Å². The summed E-state index contributed by atoms with van der Waals surface area (Å²) in [6, 6.07) is 0. The van der Waals surface area contributed by atoms with Gasteiger partial charge in [-0.1, -0.05) is 19.8 Å². The Hall–Kier alpha value is -0.610. The number of hydrogen-bond donors (Lipinski definition) is 3. The number of carbonyl (C=O) groups excluding carboxylic acids is 1. The highest BCUT2D eigenvalue weighted by Gasteiger charge is 2.09. The molecule has 0 heterocycles. The third-order valence-corrected chi connectivity index (χ3v) is 2.52. The number of amides is 1. The van der Waals surface area contributed by atoms with Gasteiger partial charge >= 0.3 is 0 Å². The van der Waals surface area contributed by atoms with Gasteiger partial charge in [-0.15, -0.1) is 0 Å². The van der Waals surface area contributed by atoms with Crippen molar-refractivity contribution in [2.75, 3.05) is 19.6 Å². The quantitative estimate of drug-likeness (QED) is 0.527. The van der Waals surface area contributed by atoms with E-state index in [0.29, 0.717) is 25.4 Å². The second kappa shape index (κ2) is 9.93. The molecule has 1 atom stereocenters. The van der Waals surface area contributed by atoms with Crippen LogP contribution in [0.2, 0.25) is 0 Å². The molecule has 0 aliphatic heterocycles. The monoisotopic (exact) mass is 215 g/mol. The highest BCUT2D eigenvalue weighted by atomic mass is 16.1. The van der Waals surface area contributed by atoms with Gasteiger partial charge in [0.25, 0.3) is 0 Å². The average Bonchev–Trinajstić information content (AvgIpc) is 2.23. The molecule has 0 saturated carbocycles. The van der Waals surface area contributed by atoms with Crippen molar-refractivity contribution in [2.45, 2.75) is 39.0 Å². The Bertz CT molecular complexity index is 156. The predicted molar refractivity (Wildman–Crippen MR) is 63.4 cm³/mol. The normalized spacial score (nSPS) is 12.5. The van der Waals surface area contributed by atoms with Gasteiger partial charge in [0.15, 0.2) is 0 Å². The first-order valence-corrected chi connectivity index (χ1v) is 5.91. The summed E-state index contributed by atoms with van der Waals surface area (Å²) in [6.07, 6.45) is 4.90. The van der Waals surface area contributed by atoms with Crippen molar-refractivity contribution in [1.82, 2.24) is 5.32 Å². The highest BCUT2D eigenvalue weighted by Crippen LogP contribution is 2.16. The van der Waals surface area contributed by atoms with Crippen LogP contribution >= 0.6 is 0 Å². The molecule has 0 aliphatic carbocycles. The molecule has 1 amide bonds. The lowest BCUT2D eigenvalue weighted by Crippen LogP contribution is -2.29. The van der Waals surface area contributed by atoms with Crippen molar-refractivity contribution in [3.63, 3.8) is 0 Å². The Balaban J connectivity index is 3.62. The summed E-state index contributed by atoms with van der Waals surface area (Å²) in [5, 5.41) is 2.78. The largest absolute Gasteiger partial charge is 0.355 e. The van der Waals surface area contributed by atoms with Crippen LogP contribution in [-0.4, -0.2) is 25.5 Å². The molecule has 4 nitrogen and oxygen atoms in total. The maximum Gasteiger partial charge on any atom is 0.220 e. The molecule has 0 radical (unpaired) electrons. The molecule has 0 aromatic rings. The molecule has 0 fully saturated rings. The van der Waals surface area contributed by atoms with E-state index in [-0.39, 0.29) is 5.91 Å². The number of nitrogens with two attached hydrogens (primary N) is 2. The topological polar surface area (TPSA) is 81.1 Å². The van der Waals surface area contributed by atoms with Crippen molar-refractivity contribution < 1.29 is 4.79 Å². The molecular formula is C11H25N3O. The van der Waals surface area contributed by atoms with Gasteiger partial charge in [0.2, 0.25) is 5.91 Å². The third kappa shape index (κ3) is 8.39. The van der Waals surface area contributed by atoms with E-state index in [0.717, 1.165) is 25.8 Å². The van der Waals surface area contributed by atoms with Gasteiger partial charge in [-0.05, 0) is 25.3 Å². The molecule has 4 heteroatoms. The Kier molecular flexibility index (Phi) is 9.52. The molecule has 0 bridgehead atoms. The van der Waals surface area contributed by atoms with Gasteiger partial charge < -0.3 is 16.8 Å². The molecule has 1 unspecified atom stereocenters. The lowest BCUT2D eigenvalue weighted by Gasteiger charge is -2.14. The highest BCUT2D eigenvalue weighted by molar-refractivity contribution is 5.75. The lowest BCUT2D eigenvalue weighted by atomic mass is 9.94. The minimum atomic E-state index is 0.110. The summed E-state index contributed by atoms with van der Waals surface area (Å²) in [5.74, 6) is 0.710. The van der Waals surface area contributed by atoms with E-state index in [4.69, 9.17) is 11.5 Å². The first kappa shape index (κ1) is 14.4. The molecular weight excluding hydrogens is 190 g/mol. The molecule has 0 aromatic carbocycles. The molecule has 0 spiro atoms. The number of rotatable bonds is 9. The van der Waals surface area contributed by atoms with E-state index < -0.39 is 0 Å². The molecule has 0 rings (SSSR count). The summed E-state index contributed by atoms with van der Waals surface area (Å²) < 4.78 is 0. The Morgan fingerprint density at radius 2 is 1.93 bits per heavy atom. The van der Waals surface area contributed by atoms with Gasteiger partial charge in [-0.2, -0.15) is 0 Å². The van der Waals surface area contributed by atoms with Gasteiger partial charge in [-0.3, -0.25) is 4.79 Å². The molecule has 0 aromatic heterocycles. The molecule has 0 saturated heterocycles. The predicted octanol–water partition coefficient (Wildman–Crippen LogP) is 0.607. The van der Waals surface area contributed by atoms with E-state index in [2.05, 4.69) is 12.2 Å². The van der Waals surface area contributed by atoms with Crippen LogP contribution in [0, 0.1) is 5.92 Å². The van der Waals surface area contributed by atoms with Crippen LogP contribution < -0.4 is 16.8 Å². The maximum atomic E-state index is 11.3. The summed E-state index contributed by atoms with van der Waals surface area (Å²) in [6.45, 7) is 3.97. The van der Waals surface area contributed by atoms with Gasteiger partial charge in [-0.25, -0.2) is 0 Å². The van der Waals surface area contributed by atoms with Crippen LogP contribution in [0.15, 0.2) is 0 Å². The summed E-state index contributed by atoms with van der Waals surface area (Å²) in [7, 11) is 0. The summed E-state index contributed by atoms with van der Waals surface area (Å²) in [4.78, 5) is 11.3. The van der Waals surface area contributed by atoms with Crippen molar-refractivity contribution in [1.29, 1.82) is 0 Å². The standard InChI is InChI=1S/C11H25N3O/c1-2-3-10(6-7-12)4-5-11(15)14-9-8-13/h10H,2-9,12-13H2,1H3,(H,14,15). The second-order valence-electron chi connectivity index (χ2n) is 3.91. The SMILES string of the molecule is CCCC(CCN)CCC(=O)NCCN. The fraction of sp³-hybridized carbons (Fsp3) is 0.909. The first-order chi connectivity index (χ1) is 7.24. The van der Waals surface area contributed by atoms with Crippen molar-refractivity contribution in [3.8, 4) is 0 Å². The van der Waals surface area contributed by atoms with Crippen molar-refractivity contribution in [2.24, 2.45) is 17.4 Å². The number of carbonyl (C=O) groups is 1. The smallest absolute Gasteiger partial charge is 0.220 e. The van der Waals surface area contributed by atoms with Crippen LogP contribution in [0.3, 0.4) is 0 Å². The second-order valence-corrected chi connectivity index (χ2v) is 3.91. The van der Waals surface area contributed by atoms with E-state index in [1.165, 1.54) is 6.42 Å². The molecule has 0 aliphatic rings. The zero-order chi connectivity index (χ0) is 11.5. The Morgan fingerprint density at radius 1 is 1.20 bits per heavy atom. The molecule has 90 valence electrons. The van der Waals surface area contributed by atoms with Crippen LogP contribution in [0.25, 0.3) is 0 Å². The molecule has 15 heavy (non-hydrogen) atoms. The minimum absolute atomic E-state index is 0.110. The van der Waals surface area contributed by atoms with E-state index in [1.54, 1.807) is 0 Å². The third-order valence-electron chi connectivity index (χ3n) is 2.52. The number of nitrogens with one attached hydrogen (secondary N) is 1. The van der Waals surface area contributed by atoms with Crippen LogP contribution in [-0.2, 0) is 4.79 Å². The van der Waals surface area contributed by atoms with Crippen LogP contribution in [0.1, 0.15) is 39.0 Å². The average molecular weight is 215 g/mol. The van der Waals surface area contributed by atoms with Crippen LogP contribution in [0.5, 0.6) is 0 Å². The fourth-order valence-electron chi connectivity index (χ4n) is 1.71. The van der Waals surface area contributed by atoms with E-state index in [9.17, 15) is 4.79 Å². The molecule has 5 N–H and O–H groups in total. The lowest BCUT2D eigenvalue weighted by molar-refractivity contribution is -0.121. The van der Waals surface area contributed by atoms with Gasteiger partial charge in [0.05, 0.1) is 0 Å². The zero-order valence-corrected chi connectivity index (χ0v) is 9.80.